The highest BCUT2D eigenvalue weighted by atomic mass is 32.2. The fourth-order valence-corrected chi connectivity index (χ4v) is 5.08. The van der Waals surface area contributed by atoms with Gasteiger partial charge < -0.3 is 25.1 Å². The number of benzene rings is 1. The lowest BCUT2D eigenvalue weighted by Crippen LogP contribution is -2.17. The van der Waals surface area contributed by atoms with Crippen LogP contribution in [-0.4, -0.2) is 52.0 Å². The highest BCUT2D eigenvalue weighted by Gasteiger charge is 2.26. The Bertz CT molecular complexity index is 1200. The summed E-state index contributed by atoms with van der Waals surface area (Å²) in [5.74, 6) is -0.233. The number of nitrogens with one attached hydrogen (secondary N) is 1. The predicted molar refractivity (Wildman–Crippen MR) is 131 cm³/mol. The molecule has 34 heavy (non-hydrogen) atoms. The smallest absolute Gasteiger partial charge is 0.341 e. The number of thioether (sulfide) groups is 1. The van der Waals surface area contributed by atoms with E-state index in [1.807, 2.05) is 35.8 Å². The number of thiophene rings is 1. The van der Waals surface area contributed by atoms with Gasteiger partial charge in [0.2, 0.25) is 5.91 Å². The van der Waals surface area contributed by atoms with Gasteiger partial charge in [0.05, 0.1) is 29.9 Å². The van der Waals surface area contributed by atoms with Crippen molar-refractivity contribution in [2.24, 2.45) is 5.73 Å². The molecule has 0 saturated heterocycles. The van der Waals surface area contributed by atoms with E-state index < -0.39 is 11.9 Å². The second-order valence-corrected chi connectivity index (χ2v) is 8.92. The first-order valence-corrected chi connectivity index (χ1v) is 12.2. The van der Waals surface area contributed by atoms with Gasteiger partial charge in [-0.1, -0.05) is 11.8 Å². The summed E-state index contributed by atoms with van der Waals surface area (Å²) in [7, 11) is 1.60. The highest BCUT2D eigenvalue weighted by Crippen LogP contribution is 2.34. The molecule has 2 amide bonds. The zero-order valence-electron chi connectivity index (χ0n) is 19.2. The lowest BCUT2D eigenvalue weighted by atomic mass is 10.1. The van der Waals surface area contributed by atoms with E-state index in [-0.39, 0.29) is 33.7 Å². The van der Waals surface area contributed by atoms with Gasteiger partial charge in [-0.25, -0.2) is 4.79 Å². The molecule has 0 radical (unpaired) electrons. The van der Waals surface area contributed by atoms with Crippen molar-refractivity contribution in [1.29, 1.82) is 0 Å². The summed E-state index contributed by atoms with van der Waals surface area (Å²) in [6.07, 6.45) is 0. The molecule has 0 bridgehead atoms. The molecule has 0 aliphatic heterocycles. The number of nitrogens with two attached hydrogens (primary N) is 1. The van der Waals surface area contributed by atoms with Gasteiger partial charge in [0, 0.05) is 12.1 Å². The summed E-state index contributed by atoms with van der Waals surface area (Å²) in [6.45, 7) is 6.00. The van der Waals surface area contributed by atoms with Crippen molar-refractivity contribution in [2.75, 3.05) is 24.8 Å². The van der Waals surface area contributed by atoms with Crippen LogP contribution in [0.25, 0.3) is 11.4 Å². The number of hydrogen-bond donors (Lipinski definition) is 2. The van der Waals surface area contributed by atoms with Gasteiger partial charge in [-0.15, -0.1) is 21.5 Å². The highest BCUT2D eigenvalue weighted by molar-refractivity contribution is 7.99. The number of hydrogen-bond acceptors (Lipinski definition) is 9. The van der Waals surface area contributed by atoms with Gasteiger partial charge in [0.15, 0.2) is 11.0 Å². The maximum atomic E-state index is 12.7. The minimum absolute atomic E-state index is 0.0197. The van der Waals surface area contributed by atoms with E-state index >= 15 is 0 Å². The van der Waals surface area contributed by atoms with Crippen molar-refractivity contribution in [3.8, 4) is 17.1 Å². The number of anilines is 1. The third kappa shape index (κ3) is 5.39. The molecule has 12 heteroatoms. The number of rotatable bonds is 10. The minimum atomic E-state index is -0.676. The van der Waals surface area contributed by atoms with Gasteiger partial charge in [-0.3, -0.25) is 9.59 Å². The van der Waals surface area contributed by atoms with Crippen molar-refractivity contribution in [3.05, 3.63) is 40.3 Å². The van der Waals surface area contributed by atoms with Crippen LogP contribution in [0, 0.1) is 6.92 Å². The van der Waals surface area contributed by atoms with Gasteiger partial charge in [0.1, 0.15) is 10.8 Å². The summed E-state index contributed by atoms with van der Waals surface area (Å²) in [6, 6.07) is 7.47. The van der Waals surface area contributed by atoms with Crippen LogP contribution in [0.15, 0.2) is 29.4 Å². The molecule has 2 aromatic heterocycles. The Morgan fingerprint density at radius 1 is 1.18 bits per heavy atom. The first-order chi connectivity index (χ1) is 16.3. The summed E-state index contributed by atoms with van der Waals surface area (Å²) in [4.78, 5) is 37.0. The number of amides is 2. The van der Waals surface area contributed by atoms with Gasteiger partial charge in [-0.05, 0) is 50.6 Å². The summed E-state index contributed by atoms with van der Waals surface area (Å²) in [5, 5.41) is 12.0. The molecule has 0 fully saturated rings. The summed E-state index contributed by atoms with van der Waals surface area (Å²) in [5.41, 5.74) is 6.81. The van der Waals surface area contributed by atoms with E-state index in [4.69, 9.17) is 15.2 Å². The molecule has 3 aromatic rings. The maximum absolute atomic E-state index is 12.7. The molecule has 3 rings (SSSR count). The number of aromatic nitrogens is 3. The molecular weight excluding hydrogens is 478 g/mol. The van der Waals surface area contributed by atoms with Crippen LogP contribution in [0.4, 0.5) is 5.00 Å². The Labute approximate surface area is 204 Å². The zero-order chi connectivity index (χ0) is 24.8. The van der Waals surface area contributed by atoms with Crippen LogP contribution in [0.2, 0.25) is 0 Å². The second-order valence-electron chi connectivity index (χ2n) is 6.96. The molecule has 0 aliphatic rings. The molecule has 180 valence electrons. The number of carbonyl (C=O) groups is 3. The molecule has 0 atom stereocenters. The summed E-state index contributed by atoms with van der Waals surface area (Å²) >= 11 is 2.16. The minimum Gasteiger partial charge on any atom is -0.497 e. The summed E-state index contributed by atoms with van der Waals surface area (Å²) < 4.78 is 12.2. The van der Waals surface area contributed by atoms with Crippen molar-refractivity contribution in [1.82, 2.24) is 14.8 Å². The molecule has 0 aliphatic carbocycles. The number of ether oxygens (including phenoxy) is 2. The number of primary amides is 1. The first kappa shape index (κ1) is 25.2. The molecule has 10 nitrogen and oxygen atoms in total. The monoisotopic (exact) mass is 503 g/mol. The topological polar surface area (TPSA) is 138 Å². The lowest BCUT2D eigenvalue weighted by Gasteiger charge is -2.09. The number of carbonyl (C=O) groups excluding carboxylic acids is 3. The van der Waals surface area contributed by atoms with E-state index in [0.29, 0.717) is 23.1 Å². The molecule has 0 saturated carbocycles. The van der Waals surface area contributed by atoms with E-state index in [1.165, 1.54) is 11.8 Å². The van der Waals surface area contributed by atoms with Crippen molar-refractivity contribution in [2.45, 2.75) is 32.5 Å². The van der Waals surface area contributed by atoms with Crippen molar-refractivity contribution < 1.29 is 23.9 Å². The largest absolute Gasteiger partial charge is 0.497 e. The SMILES string of the molecule is CCOC(=O)c1c(NC(=O)CSc2nnc(-c3ccc(OC)cc3)n2CC)sc(C(N)=O)c1C. The quantitative estimate of drug-likeness (QED) is 0.317. The van der Waals surface area contributed by atoms with Crippen LogP contribution in [-0.2, 0) is 16.1 Å². The molecule has 1 aromatic carbocycles. The fourth-order valence-electron chi connectivity index (χ4n) is 3.21. The van der Waals surface area contributed by atoms with E-state index in [1.54, 1.807) is 21.0 Å². The van der Waals surface area contributed by atoms with E-state index in [0.717, 1.165) is 22.6 Å². The van der Waals surface area contributed by atoms with Crippen LogP contribution in [0.3, 0.4) is 0 Å². The van der Waals surface area contributed by atoms with Gasteiger partial charge in [-0.2, -0.15) is 0 Å². The lowest BCUT2D eigenvalue weighted by molar-refractivity contribution is -0.113. The molecule has 3 N–H and O–H groups in total. The molecule has 0 spiro atoms. The Kier molecular flexibility index (Phi) is 8.29. The predicted octanol–water partition coefficient (Wildman–Crippen LogP) is 3.35. The molecular formula is C22H25N5O5S2. The Balaban J connectivity index is 1.75. The van der Waals surface area contributed by atoms with Crippen molar-refractivity contribution in [3.63, 3.8) is 0 Å². The van der Waals surface area contributed by atoms with Crippen LogP contribution in [0.5, 0.6) is 5.75 Å². The van der Waals surface area contributed by atoms with Crippen LogP contribution >= 0.6 is 23.1 Å². The number of esters is 1. The van der Waals surface area contributed by atoms with Crippen LogP contribution in [0.1, 0.15) is 39.4 Å². The zero-order valence-corrected chi connectivity index (χ0v) is 20.8. The van der Waals surface area contributed by atoms with Gasteiger partial charge in [0.25, 0.3) is 5.91 Å². The van der Waals surface area contributed by atoms with E-state index in [9.17, 15) is 14.4 Å². The maximum Gasteiger partial charge on any atom is 0.341 e. The van der Waals surface area contributed by atoms with Gasteiger partial charge >= 0.3 is 5.97 Å². The molecule has 0 unspecified atom stereocenters. The average molecular weight is 504 g/mol. The second kappa shape index (κ2) is 11.2. The normalized spacial score (nSPS) is 10.7. The van der Waals surface area contributed by atoms with Crippen LogP contribution < -0.4 is 15.8 Å². The standard InChI is InChI=1S/C22H25N5O5S2/c1-5-27-19(13-7-9-14(31-4)10-8-13)25-26-22(27)33-11-15(28)24-20-16(21(30)32-6-2)12(3)17(34-20)18(23)29/h7-10H,5-6,11H2,1-4H3,(H2,23,29)(H,24,28). The van der Waals surface area contributed by atoms with Crippen molar-refractivity contribution >= 4 is 45.9 Å². The number of nitrogens with zero attached hydrogens (tertiary/aromatic N) is 3. The first-order valence-electron chi connectivity index (χ1n) is 10.4. The number of methoxy groups -OCH3 is 1. The Morgan fingerprint density at radius 2 is 1.88 bits per heavy atom. The molecule has 2 heterocycles. The third-order valence-corrected chi connectivity index (χ3v) is 7.01. The Morgan fingerprint density at radius 3 is 2.47 bits per heavy atom. The third-order valence-electron chi connectivity index (χ3n) is 4.82. The Hall–Kier alpha value is -3.38. The average Bonchev–Trinajstić information content (AvgIpc) is 3.38. The van der Waals surface area contributed by atoms with E-state index in [2.05, 4.69) is 15.5 Å². The fraction of sp³-hybridized carbons (Fsp3) is 0.318.